The zero-order chi connectivity index (χ0) is 14.7. The number of rotatable bonds is 5. The Bertz CT molecular complexity index is 408. The van der Waals surface area contributed by atoms with Crippen LogP contribution in [0, 0.1) is 0 Å². The second-order valence-electron chi connectivity index (χ2n) is 7.79. The first-order chi connectivity index (χ1) is 8.58. The fourth-order valence-corrected chi connectivity index (χ4v) is 37.2. The van der Waals surface area contributed by atoms with Gasteiger partial charge in [-0.2, -0.15) is 0 Å². The molecule has 19 heavy (non-hydrogen) atoms. The van der Waals surface area contributed by atoms with Gasteiger partial charge in [0.2, 0.25) is 0 Å². The van der Waals surface area contributed by atoms with E-state index in [0.717, 1.165) is 6.42 Å². The molecule has 0 bridgehead atoms. The Labute approximate surface area is 122 Å². The first kappa shape index (κ1) is 16.7. The van der Waals surface area contributed by atoms with Gasteiger partial charge >= 0.3 is 0 Å². The molecule has 0 radical (unpaired) electrons. The second-order valence-corrected chi connectivity index (χ2v) is 36.3. The Kier molecular flexibility index (Phi) is 5.21. The molecule has 0 nitrogen and oxygen atoms in total. The van der Waals surface area contributed by atoms with Crippen LogP contribution in [-0.4, -0.2) is 22.3 Å². The van der Waals surface area contributed by atoms with Crippen molar-refractivity contribution in [2.75, 3.05) is 0 Å². The van der Waals surface area contributed by atoms with E-state index in [1.165, 1.54) is 5.56 Å². The molecule has 0 aliphatic rings. The van der Waals surface area contributed by atoms with Crippen LogP contribution in [0.25, 0.3) is 0 Å². The largest absolute Gasteiger partial charge is 0.103 e. The molecule has 0 aliphatic heterocycles. The summed E-state index contributed by atoms with van der Waals surface area (Å²) in [7, 11) is -3.35. The van der Waals surface area contributed by atoms with Crippen LogP contribution in [-0.2, 0) is 6.42 Å². The molecule has 0 atom stereocenters. The van der Waals surface area contributed by atoms with E-state index in [2.05, 4.69) is 87.9 Å². The van der Waals surface area contributed by atoms with E-state index in [1.807, 2.05) is 0 Å². The van der Waals surface area contributed by atoms with Crippen molar-refractivity contribution in [3.8, 4) is 0 Å². The van der Waals surface area contributed by atoms with Crippen molar-refractivity contribution in [1.82, 2.24) is 0 Å². The molecule has 106 valence electrons. The van der Waals surface area contributed by atoms with E-state index in [0.29, 0.717) is 0 Å². The molecular formula is C16H30Si3. The summed E-state index contributed by atoms with van der Waals surface area (Å²) in [4.78, 5) is 0. The molecule has 0 saturated heterocycles. The number of hydrogen-bond acceptors (Lipinski definition) is 0. The van der Waals surface area contributed by atoms with Gasteiger partial charge in [0.05, 0.1) is 7.11 Å². The predicted molar refractivity (Wildman–Crippen MR) is 97.6 cm³/mol. The molecule has 0 aromatic heterocycles. The van der Waals surface area contributed by atoms with Gasteiger partial charge in [0.25, 0.3) is 0 Å². The third-order valence-corrected chi connectivity index (χ3v) is 45.1. The maximum Gasteiger partial charge on any atom is 0.0613 e. The Morgan fingerprint density at radius 2 is 1.26 bits per heavy atom. The Balaban J connectivity index is 2.92. The number of benzene rings is 1. The highest BCUT2D eigenvalue weighted by atomic mass is 29.6. The smallest absolute Gasteiger partial charge is 0.0613 e. The molecule has 0 heterocycles. The van der Waals surface area contributed by atoms with Crippen molar-refractivity contribution < 1.29 is 0 Å². The maximum absolute atomic E-state index is 2.69. The Hall–Kier alpha value is -0.389. The molecule has 1 aromatic rings. The molecule has 0 fully saturated rings. The summed E-state index contributed by atoms with van der Waals surface area (Å²) in [5.41, 5.74) is 4.12. The summed E-state index contributed by atoms with van der Waals surface area (Å²) in [6, 6.07) is 10.8. The van der Waals surface area contributed by atoms with Gasteiger partial charge in [0.1, 0.15) is 0 Å². The summed E-state index contributed by atoms with van der Waals surface area (Å²) in [5.74, 6) is 0. The van der Waals surface area contributed by atoms with Gasteiger partial charge in [-0.15, -0.1) is 5.70 Å². The maximum atomic E-state index is 2.69. The minimum Gasteiger partial charge on any atom is -0.103 e. The average Bonchev–Trinajstić information content (AvgIpc) is 2.27. The minimum absolute atomic E-state index is 1.07. The summed E-state index contributed by atoms with van der Waals surface area (Å²) in [6.45, 7) is 18.1. The van der Waals surface area contributed by atoms with Gasteiger partial charge in [-0.3, -0.25) is 0 Å². The third kappa shape index (κ3) is 4.04. The van der Waals surface area contributed by atoms with E-state index in [9.17, 15) is 0 Å². The monoisotopic (exact) mass is 306 g/mol. The SMILES string of the molecule is C[Si](C)(C)[Si](C)(/C=C/Cc1ccccc1)[Si](C)(C)C. The van der Waals surface area contributed by atoms with Gasteiger partial charge in [-0.1, -0.05) is 82.2 Å². The first-order valence-electron chi connectivity index (χ1n) is 7.29. The van der Waals surface area contributed by atoms with Crippen LogP contribution in [0.3, 0.4) is 0 Å². The summed E-state index contributed by atoms with van der Waals surface area (Å²) in [6.07, 6.45) is 3.57. The topological polar surface area (TPSA) is 0 Å². The molecule has 0 aliphatic carbocycles. The van der Waals surface area contributed by atoms with Crippen LogP contribution in [0.1, 0.15) is 5.56 Å². The van der Waals surface area contributed by atoms with Crippen molar-refractivity contribution >= 4 is 22.3 Å². The van der Waals surface area contributed by atoms with Crippen LogP contribution < -0.4 is 0 Å². The second kappa shape index (κ2) is 5.94. The van der Waals surface area contributed by atoms with Gasteiger partial charge in [0.15, 0.2) is 0 Å². The fourth-order valence-electron chi connectivity index (χ4n) is 2.67. The lowest BCUT2D eigenvalue weighted by molar-refractivity contribution is 1.27. The molecule has 1 rings (SSSR count). The summed E-state index contributed by atoms with van der Waals surface area (Å²) < 4.78 is 0. The highest BCUT2D eigenvalue weighted by Crippen LogP contribution is 2.30. The summed E-state index contributed by atoms with van der Waals surface area (Å²) >= 11 is 0. The predicted octanol–water partition coefficient (Wildman–Crippen LogP) is 5.24. The molecule has 0 spiro atoms. The zero-order valence-electron chi connectivity index (χ0n) is 13.7. The van der Waals surface area contributed by atoms with E-state index < -0.39 is 22.3 Å². The van der Waals surface area contributed by atoms with E-state index in [-0.39, 0.29) is 0 Å². The van der Waals surface area contributed by atoms with Gasteiger partial charge < -0.3 is 0 Å². The number of allylic oxidation sites excluding steroid dienone is 1. The minimum atomic E-state index is -1.21. The van der Waals surface area contributed by atoms with Crippen LogP contribution in [0.5, 0.6) is 0 Å². The van der Waals surface area contributed by atoms with Crippen LogP contribution in [0.15, 0.2) is 42.1 Å². The van der Waals surface area contributed by atoms with Crippen LogP contribution in [0.4, 0.5) is 0 Å². The fraction of sp³-hybridized carbons (Fsp3) is 0.500. The van der Waals surface area contributed by atoms with Crippen molar-refractivity contribution in [2.24, 2.45) is 0 Å². The Morgan fingerprint density at radius 3 is 1.68 bits per heavy atom. The van der Waals surface area contributed by atoms with Gasteiger partial charge in [-0.25, -0.2) is 0 Å². The molecule has 0 amide bonds. The van der Waals surface area contributed by atoms with E-state index in [4.69, 9.17) is 0 Å². The van der Waals surface area contributed by atoms with Crippen molar-refractivity contribution in [1.29, 1.82) is 0 Å². The normalized spacial score (nSPS) is 14.1. The molecule has 0 saturated carbocycles. The van der Waals surface area contributed by atoms with E-state index in [1.54, 1.807) is 0 Å². The lowest BCUT2D eigenvalue weighted by atomic mass is 10.2. The highest BCUT2D eigenvalue weighted by Gasteiger charge is 2.48. The van der Waals surface area contributed by atoms with Crippen LogP contribution >= 0.6 is 0 Å². The average molecular weight is 307 g/mol. The van der Waals surface area contributed by atoms with Gasteiger partial charge in [-0.05, 0) is 12.0 Å². The Morgan fingerprint density at radius 1 is 0.789 bits per heavy atom. The standard InChI is InChI=1S/C16H30Si3/c1-17(2,3)19(7,18(4,5)6)15-11-14-16-12-9-8-10-13-16/h8-13,15H,14H2,1-7H3/b15-11+. The van der Waals surface area contributed by atoms with Crippen molar-refractivity contribution in [3.05, 3.63) is 47.7 Å². The van der Waals surface area contributed by atoms with Crippen molar-refractivity contribution in [3.63, 3.8) is 0 Å². The third-order valence-electron chi connectivity index (χ3n) is 4.76. The summed E-state index contributed by atoms with van der Waals surface area (Å²) in [5, 5.41) is 0. The molecule has 1 aromatic carbocycles. The lowest BCUT2D eigenvalue weighted by Gasteiger charge is -2.45. The molecule has 0 N–H and O–H groups in total. The molecular weight excluding hydrogens is 276 g/mol. The highest BCUT2D eigenvalue weighted by molar-refractivity contribution is 7.70. The molecule has 0 unspecified atom stereocenters. The van der Waals surface area contributed by atoms with Crippen LogP contribution in [0.2, 0.25) is 45.8 Å². The van der Waals surface area contributed by atoms with E-state index >= 15 is 0 Å². The zero-order valence-corrected chi connectivity index (χ0v) is 16.7. The van der Waals surface area contributed by atoms with Gasteiger partial charge in [0, 0.05) is 15.2 Å². The lowest BCUT2D eigenvalue weighted by Crippen LogP contribution is -2.68. The van der Waals surface area contributed by atoms with Crippen molar-refractivity contribution in [2.45, 2.75) is 52.2 Å². The molecule has 3 heteroatoms. The number of hydrogen-bond donors (Lipinski definition) is 0. The quantitative estimate of drug-likeness (QED) is 0.653. The first-order valence-corrected chi connectivity index (χ1v) is 18.9.